The molecule has 0 aliphatic carbocycles. The number of carbonyl (C=O) groups is 2. The van der Waals surface area contributed by atoms with Crippen LogP contribution in [0.25, 0.3) is 0 Å². The second-order valence-corrected chi connectivity index (χ2v) is 7.75. The monoisotopic (exact) mass is 352 g/mol. The first kappa shape index (κ1) is 18.3. The molecule has 24 heavy (non-hydrogen) atoms. The molecule has 1 saturated heterocycles. The van der Waals surface area contributed by atoms with Gasteiger partial charge in [-0.1, -0.05) is 0 Å². The third-order valence-corrected chi connectivity index (χ3v) is 4.44. The molecule has 7 nitrogen and oxygen atoms in total. The summed E-state index contributed by atoms with van der Waals surface area (Å²) in [6.07, 6.45) is 1.51. The van der Waals surface area contributed by atoms with E-state index in [1.54, 1.807) is 16.3 Å². The molecule has 2 rings (SSSR count). The third kappa shape index (κ3) is 4.95. The lowest BCUT2D eigenvalue weighted by molar-refractivity contribution is -0.117. The quantitative estimate of drug-likeness (QED) is 0.572. The van der Waals surface area contributed by atoms with E-state index >= 15 is 0 Å². The molecule has 2 heterocycles. The molecule has 0 radical (unpaired) electrons. The normalized spacial score (nSPS) is 17.6. The van der Waals surface area contributed by atoms with E-state index in [9.17, 15) is 9.59 Å². The van der Waals surface area contributed by atoms with Crippen LogP contribution in [0.5, 0.6) is 0 Å². The van der Waals surface area contributed by atoms with Crippen molar-refractivity contribution in [3.8, 4) is 0 Å². The number of hydrogen-bond donors (Lipinski definition) is 3. The van der Waals surface area contributed by atoms with Gasteiger partial charge < -0.3 is 20.7 Å². The molecule has 1 aliphatic rings. The van der Waals surface area contributed by atoms with E-state index < -0.39 is 5.60 Å². The molecule has 1 fully saturated rings. The van der Waals surface area contributed by atoms with Gasteiger partial charge in [-0.15, -0.1) is 11.3 Å². The van der Waals surface area contributed by atoms with Gasteiger partial charge in [0, 0.05) is 30.0 Å². The van der Waals surface area contributed by atoms with E-state index in [-0.39, 0.29) is 30.3 Å². The van der Waals surface area contributed by atoms with Crippen LogP contribution in [0.2, 0.25) is 0 Å². The summed E-state index contributed by atoms with van der Waals surface area (Å²) in [6.45, 7) is 6.09. The Labute approximate surface area is 145 Å². The number of nitrogen functional groups attached to an aromatic ring is 1. The fraction of sp³-hybridized carbons (Fsp3) is 0.562. The summed E-state index contributed by atoms with van der Waals surface area (Å²) in [7, 11) is 0. The van der Waals surface area contributed by atoms with Crippen molar-refractivity contribution in [2.45, 2.75) is 51.7 Å². The highest BCUT2D eigenvalue weighted by Gasteiger charge is 2.33. The average molecular weight is 352 g/mol. The van der Waals surface area contributed by atoms with Crippen LogP contribution in [-0.4, -0.2) is 40.9 Å². The van der Waals surface area contributed by atoms with Gasteiger partial charge in [-0.05, 0) is 39.7 Å². The van der Waals surface area contributed by atoms with Crippen molar-refractivity contribution in [3.05, 3.63) is 17.0 Å². The van der Waals surface area contributed by atoms with Crippen LogP contribution >= 0.6 is 11.3 Å². The standard InChI is InChI=1S/C16H24N4O3S/c1-16(2,3)23-15(22)20-6-4-5-11(20)8-12(21)19-13-7-10(9-24-13)14(17)18/h7,9,11H,4-6,8H2,1-3H3,(H3,17,18)(H,19,21)/t11-/m0/s1. The van der Waals surface area contributed by atoms with Crippen molar-refractivity contribution < 1.29 is 14.3 Å². The zero-order valence-electron chi connectivity index (χ0n) is 14.2. The van der Waals surface area contributed by atoms with Crippen LogP contribution in [0.3, 0.4) is 0 Å². The van der Waals surface area contributed by atoms with Crippen LogP contribution in [0.1, 0.15) is 45.6 Å². The number of amidine groups is 1. The van der Waals surface area contributed by atoms with Gasteiger partial charge in [0.1, 0.15) is 11.4 Å². The summed E-state index contributed by atoms with van der Waals surface area (Å²) >= 11 is 1.32. The van der Waals surface area contributed by atoms with Crippen LogP contribution in [-0.2, 0) is 9.53 Å². The molecule has 2 amide bonds. The molecule has 4 N–H and O–H groups in total. The first-order valence-electron chi connectivity index (χ1n) is 7.88. The number of rotatable bonds is 4. The molecular formula is C16H24N4O3S. The molecule has 1 atom stereocenters. The van der Waals surface area contributed by atoms with Crippen LogP contribution in [0, 0.1) is 5.41 Å². The Bertz CT molecular complexity index is 636. The summed E-state index contributed by atoms with van der Waals surface area (Å²) in [5.74, 6) is -0.189. The van der Waals surface area contributed by atoms with E-state index in [0.29, 0.717) is 17.1 Å². The van der Waals surface area contributed by atoms with E-state index in [4.69, 9.17) is 15.9 Å². The summed E-state index contributed by atoms with van der Waals surface area (Å²) in [5.41, 5.74) is 5.45. The molecule has 1 aromatic rings. The predicted molar refractivity (Wildman–Crippen MR) is 94.5 cm³/mol. The number of anilines is 1. The van der Waals surface area contributed by atoms with Crippen molar-refractivity contribution in [1.29, 1.82) is 5.41 Å². The number of likely N-dealkylation sites (tertiary alicyclic amines) is 1. The van der Waals surface area contributed by atoms with Crippen molar-refractivity contribution in [2.75, 3.05) is 11.9 Å². The second kappa shape index (κ2) is 7.21. The lowest BCUT2D eigenvalue weighted by atomic mass is 10.1. The molecule has 0 unspecified atom stereocenters. The Morgan fingerprint density at radius 1 is 1.50 bits per heavy atom. The zero-order chi connectivity index (χ0) is 17.9. The fourth-order valence-corrected chi connectivity index (χ4v) is 3.37. The summed E-state index contributed by atoms with van der Waals surface area (Å²) in [5, 5.41) is 12.5. The van der Waals surface area contributed by atoms with E-state index in [0.717, 1.165) is 12.8 Å². The summed E-state index contributed by atoms with van der Waals surface area (Å²) < 4.78 is 5.40. The number of nitrogens with two attached hydrogens (primary N) is 1. The lowest BCUT2D eigenvalue weighted by Crippen LogP contribution is -2.41. The lowest BCUT2D eigenvalue weighted by Gasteiger charge is -2.28. The van der Waals surface area contributed by atoms with Gasteiger partial charge in [-0.2, -0.15) is 0 Å². The van der Waals surface area contributed by atoms with Crippen molar-refractivity contribution in [2.24, 2.45) is 5.73 Å². The maximum absolute atomic E-state index is 12.2. The fourth-order valence-electron chi connectivity index (χ4n) is 2.55. The highest BCUT2D eigenvalue weighted by atomic mass is 32.1. The second-order valence-electron chi connectivity index (χ2n) is 6.84. The molecule has 8 heteroatoms. The zero-order valence-corrected chi connectivity index (χ0v) is 15.0. The largest absolute Gasteiger partial charge is 0.444 e. The number of ether oxygens (including phenoxy) is 1. The number of nitrogens with zero attached hydrogens (tertiary/aromatic N) is 1. The van der Waals surface area contributed by atoms with Gasteiger partial charge in [-0.25, -0.2) is 4.79 Å². The van der Waals surface area contributed by atoms with E-state index in [1.165, 1.54) is 11.3 Å². The Balaban J connectivity index is 1.92. The highest BCUT2D eigenvalue weighted by Crippen LogP contribution is 2.25. The number of amides is 2. The van der Waals surface area contributed by atoms with Crippen molar-refractivity contribution in [3.63, 3.8) is 0 Å². The molecular weight excluding hydrogens is 328 g/mol. The van der Waals surface area contributed by atoms with E-state index in [2.05, 4.69) is 5.32 Å². The van der Waals surface area contributed by atoms with Gasteiger partial charge >= 0.3 is 6.09 Å². The number of hydrogen-bond acceptors (Lipinski definition) is 5. The minimum absolute atomic E-state index is 0.0290. The molecule has 132 valence electrons. The maximum Gasteiger partial charge on any atom is 0.410 e. The maximum atomic E-state index is 12.2. The van der Waals surface area contributed by atoms with Crippen molar-refractivity contribution in [1.82, 2.24) is 4.90 Å². The molecule has 0 bridgehead atoms. The first-order chi connectivity index (χ1) is 11.2. The number of thiophene rings is 1. The smallest absolute Gasteiger partial charge is 0.410 e. The molecule has 1 aliphatic heterocycles. The Hall–Kier alpha value is -2.09. The SMILES string of the molecule is CC(C)(C)OC(=O)N1CCC[C@H]1CC(=O)Nc1cc(C(=N)N)cs1. The van der Waals surface area contributed by atoms with Gasteiger partial charge in [-0.3, -0.25) is 10.2 Å². The minimum Gasteiger partial charge on any atom is -0.444 e. The Morgan fingerprint density at radius 2 is 2.21 bits per heavy atom. The summed E-state index contributed by atoms with van der Waals surface area (Å²) in [4.78, 5) is 26.1. The predicted octanol–water partition coefficient (Wildman–Crippen LogP) is 2.76. The third-order valence-electron chi connectivity index (χ3n) is 3.60. The molecule has 1 aromatic heterocycles. The molecule has 0 spiro atoms. The first-order valence-corrected chi connectivity index (χ1v) is 8.76. The van der Waals surface area contributed by atoms with Gasteiger partial charge in [0.25, 0.3) is 0 Å². The Kier molecular flexibility index (Phi) is 5.48. The Morgan fingerprint density at radius 3 is 2.79 bits per heavy atom. The van der Waals surface area contributed by atoms with Gasteiger partial charge in [0.2, 0.25) is 5.91 Å². The van der Waals surface area contributed by atoms with E-state index in [1.807, 2.05) is 20.8 Å². The van der Waals surface area contributed by atoms with Crippen LogP contribution in [0.4, 0.5) is 9.80 Å². The number of carbonyl (C=O) groups excluding carboxylic acids is 2. The molecule has 0 saturated carbocycles. The minimum atomic E-state index is -0.549. The van der Waals surface area contributed by atoms with Crippen molar-refractivity contribution >= 4 is 34.2 Å². The van der Waals surface area contributed by atoms with Gasteiger partial charge in [0.15, 0.2) is 0 Å². The average Bonchev–Trinajstić information content (AvgIpc) is 3.05. The topological polar surface area (TPSA) is 109 Å². The number of nitrogens with one attached hydrogen (secondary N) is 2. The van der Waals surface area contributed by atoms with Crippen LogP contribution in [0.15, 0.2) is 11.4 Å². The molecule has 0 aromatic carbocycles. The highest BCUT2D eigenvalue weighted by molar-refractivity contribution is 7.14. The van der Waals surface area contributed by atoms with Crippen LogP contribution < -0.4 is 11.1 Å². The summed E-state index contributed by atoms with van der Waals surface area (Å²) in [6, 6.07) is 1.53. The van der Waals surface area contributed by atoms with Gasteiger partial charge in [0.05, 0.1) is 5.00 Å².